The van der Waals surface area contributed by atoms with E-state index in [0.29, 0.717) is 30.3 Å². The Morgan fingerprint density at radius 2 is 2.00 bits per heavy atom. The molecule has 0 bridgehead atoms. The minimum absolute atomic E-state index is 0.0314. The summed E-state index contributed by atoms with van der Waals surface area (Å²) in [5.74, 6) is 2.12. The van der Waals surface area contributed by atoms with Crippen molar-refractivity contribution in [2.45, 2.75) is 19.9 Å². The van der Waals surface area contributed by atoms with Gasteiger partial charge in [0.05, 0.1) is 7.11 Å². The fourth-order valence-electron chi connectivity index (χ4n) is 3.88. The predicted octanol–water partition coefficient (Wildman–Crippen LogP) is 3.31. The van der Waals surface area contributed by atoms with Crippen LogP contribution in [0, 0.1) is 6.92 Å². The standard InChI is InChI=1S/C23H21N5O2/c1-15-25-23-24-12-20(14-28(23)26-15)16-4-3-5-18(10-16)22(29)27-9-8-17-11-21(30-2)7-6-19(17)13-27/h3-7,10-12,14H,8-9,13H2,1-2H3. The van der Waals surface area contributed by atoms with E-state index in [1.54, 1.807) is 17.8 Å². The van der Waals surface area contributed by atoms with Crippen molar-refractivity contribution in [3.05, 3.63) is 77.4 Å². The van der Waals surface area contributed by atoms with Gasteiger partial charge >= 0.3 is 0 Å². The molecule has 0 fully saturated rings. The van der Waals surface area contributed by atoms with Gasteiger partial charge in [-0.1, -0.05) is 18.2 Å². The van der Waals surface area contributed by atoms with E-state index in [2.05, 4.69) is 21.1 Å². The van der Waals surface area contributed by atoms with Crippen LogP contribution in [0.3, 0.4) is 0 Å². The number of ether oxygens (including phenoxy) is 1. The molecule has 4 aromatic rings. The Kier molecular flexibility index (Phi) is 4.43. The van der Waals surface area contributed by atoms with Crippen molar-refractivity contribution in [1.82, 2.24) is 24.5 Å². The monoisotopic (exact) mass is 399 g/mol. The third-order valence-corrected chi connectivity index (χ3v) is 5.46. The zero-order valence-corrected chi connectivity index (χ0v) is 16.9. The van der Waals surface area contributed by atoms with Crippen molar-refractivity contribution in [3.63, 3.8) is 0 Å². The molecule has 0 saturated carbocycles. The van der Waals surface area contributed by atoms with Crippen LogP contribution in [0.25, 0.3) is 16.9 Å². The zero-order valence-electron chi connectivity index (χ0n) is 16.9. The molecule has 150 valence electrons. The van der Waals surface area contributed by atoms with E-state index < -0.39 is 0 Å². The van der Waals surface area contributed by atoms with E-state index in [0.717, 1.165) is 23.3 Å². The average molecular weight is 399 g/mol. The first-order valence-corrected chi connectivity index (χ1v) is 9.85. The summed E-state index contributed by atoms with van der Waals surface area (Å²) in [5.41, 5.74) is 4.89. The lowest BCUT2D eigenvalue weighted by atomic mass is 9.98. The second kappa shape index (κ2) is 7.26. The Morgan fingerprint density at radius 3 is 2.87 bits per heavy atom. The lowest BCUT2D eigenvalue weighted by Gasteiger charge is -2.29. The molecule has 7 heteroatoms. The summed E-state index contributed by atoms with van der Waals surface area (Å²) in [7, 11) is 1.67. The number of fused-ring (bicyclic) bond motifs is 2. The second-order valence-electron chi connectivity index (χ2n) is 7.44. The van der Waals surface area contributed by atoms with Crippen LogP contribution in [-0.2, 0) is 13.0 Å². The average Bonchev–Trinajstić information content (AvgIpc) is 3.17. The van der Waals surface area contributed by atoms with Crippen molar-refractivity contribution < 1.29 is 9.53 Å². The van der Waals surface area contributed by atoms with Crippen molar-refractivity contribution in [1.29, 1.82) is 0 Å². The molecule has 0 N–H and O–H groups in total. The smallest absolute Gasteiger partial charge is 0.254 e. The Labute approximate surface area is 174 Å². The Hall–Kier alpha value is -3.74. The highest BCUT2D eigenvalue weighted by Crippen LogP contribution is 2.26. The summed E-state index contributed by atoms with van der Waals surface area (Å²) in [5, 5.41) is 4.32. The summed E-state index contributed by atoms with van der Waals surface area (Å²) in [6.45, 7) is 3.13. The van der Waals surface area contributed by atoms with Gasteiger partial charge in [-0.25, -0.2) is 9.50 Å². The van der Waals surface area contributed by atoms with E-state index >= 15 is 0 Å². The summed E-state index contributed by atoms with van der Waals surface area (Å²) in [6.07, 6.45) is 4.47. The highest BCUT2D eigenvalue weighted by atomic mass is 16.5. The number of aryl methyl sites for hydroxylation is 1. The Bertz CT molecular complexity index is 1260. The normalized spacial score (nSPS) is 13.3. The van der Waals surface area contributed by atoms with Gasteiger partial charge in [-0.3, -0.25) is 4.79 Å². The van der Waals surface area contributed by atoms with Crippen LogP contribution in [0.2, 0.25) is 0 Å². The number of carbonyl (C=O) groups excluding carboxylic acids is 1. The van der Waals surface area contributed by atoms with Crippen molar-refractivity contribution in [2.75, 3.05) is 13.7 Å². The fraction of sp³-hybridized carbons (Fsp3) is 0.217. The highest BCUT2D eigenvalue weighted by Gasteiger charge is 2.22. The summed E-state index contributed by atoms with van der Waals surface area (Å²) in [6, 6.07) is 13.7. The topological polar surface area (TPSA) is 72.6 Å². The molecule has 0 saturated heterocycles. The quantitative estimate of drug-likeness (QED) is 0.529. The maximum atomic E-state index is 13.2. The van der Waals surface area contributed by atoms with Crippen LogP contribution in [0.1, 0.15) is 27.3 Å². The molecule has 5 rings (SSSR count). The molecular weight excluding hydrogens is 378 g/mol. The number of amides is 1. The Morgan fingerprint density at radius 1 is 1.10 bits per heavy atom. The Balaban J connectivity index is 1.41. The molecule has 0 atom stereocenters. The van der Waals surface area contributed by atoms with E-state index in [-0.39, 0.29) is 5.91 Å². The van der Waals surface area contributed by atoms with Gasteiger partial charge in [0.15, 0.2) is 0 Å². The van der Waals surface area contributed by atoms with E-state index in [9.17, 15) is 4.79 Å². The van der Waals surface area contributed by atoms with Crippen LogP contribution in [-0.4, -0.2) is 44.0 Å². The molecule has 3 heterocycles. The van der Waals surface area contributed by atoms with Gasteiger partial charge in [-0.15, -0.1) is 0 Å². The lowest BCUT2D eigenvalue weighted by Crippen LogP contribution is -2.35. The van der Waals surface area contributed by atoms with Crippen LogP contribution in [0.15, 0.2) is 54.9 Å². The molecular formula is C23H21N5O2. The number of carbonyl (C=O) groups is 1. The van der Waals surface area contributed by atoms with Gasteiger partial charge in [0, 0.05) is 36.6 Å². The molecule has 0 unspecified atom stereocenters. The molecule has 1 amide bonds. The number of hydrogen-bond acceptors (Lipinski definition) is 5. The first-order valence-electron chi connectivity index (χ1n) is 9.85. The lowest BCUT2D eigenvalue weighted by molar-refractivity contribution is 0.0734. The molecule has 30 heavy (non-hydrogen) atoms. The van der Waals surface area contributed by atoms with Crippen LogP contribution < -0.4 is 4.74 Å². The molecule has 0 aliphatic carbocycles. The molecule has 7 nitrogen and oxygen atoms in total. The number of nitrogens with zero attached hydrogens (tertiary/aromatic N) is 5. The largest absolute Gasteiger partial charge is 0.497 e. The minimum atomic E-state index is 0.0314. The molecule has 2 aromatic heterocycles. The first-order chi connectivity index (χ1) is 14.6. The fourth-order valence-corrected chi connectivity index (χ4v) is 3.88. The highest BCUT2D eigenvalue weighted by molar-refractivity contribution is 5.95. The number of aromatic nitrogens is 4. The van der Waals surface area contributed by atoms with Gasteiger partial charge < -0.3 is 9.64 Å². The van der Waals surface area contributed by atoms with Crippen LogP contribution in [0.5, 0.6) is 5.75 Å². The van der Waals surface area contributed by atoms with Gasteiger partial charge in [-0.2, -0.15) is 10.1 Å². The van der Waals surface area contributed by atoms with Crippen molar-refractivity contribution in [3.8, 4) is 16.9 Å². The van der Waals surface area contributed by atoms with Gasteiger partial charge in [0.1, 0.15) is 11.6 Å². The SMILES string of the molecule is COc1ccc2c(c1)CCN(C(=O)c1cccc(-c3cnc4nc(C)nn4c3)c1)C2. The second-order valence-corrected chi connectivity index (χ2v) is 7.44. The number of rotatable bonds is 3. The summed E-state index contributed by atoms with van der Waals surface area (Å²) >= 11 is 0. The van der Waals surface area contributed by atoms with Gasteiger partial charge in [0.25, 0.3) is 11.7 Å². The number of methoxy groups -OCH3 is 1. The maximum absolute atomic E-state index is 13.2. The number of benzene rings is 2. The predicted molar refractivity (Wildman–Crippen MR) is 112 cm³/mol. The van der Waals surface area contributed by atoms with Crippen molar-refractivity contribution >= 4 is 11.7 Å². The maximum Gasteiger partial charge on any atom is 0.254 e. The molecule has 0 spiro atoms. The third kappa shape index (κ3) is 3.28. The van der Waals surface area contributed by atoms with Crippen LogP contribution in [0.4, 0.5) is 0 Å². The van der Waals surface area contributed by atoms with E-state index in [4.69, 9.17) is 4.74 Å². The molecule has 1 aliphatic heterocycles. The van der Waals surface area contributed by atoms with E-state index in [1.165, 1.54) is 11.1 Å². The zero-order chi connectivity index (χ0) is 20.7. The van der Waals surface area contributed by atoms with Crippen molar-refractivity contribution in [2.24, 2.45) is 0 Å². The molecule has 2 aromatic carbocycles. The molecule has 1 aliphatic rings. The third-order valence-electron chi connectivity index (χ3n) is 5.46. The van der Waals surface area contributed by atoms with Gasteiger partial charge in [0.2, 0.25) is 0 Å². The first kappa shape index (κ1) is 18.3. The summed E-state index contributed by atoms with van der Waals surface area (Å²) < 4.78 is 6.97. The minimum Gasteiger partial charge on any atom is -0.497 e. The number of hydrogen-bond donors (Lipinski definition) is 0. The van der Waals surface area contributed by atoms with Crippen LogP contribution >= 0.6 is 0 Å². The van der Waals surface area contributed by atoms with Gasteiger partial charge in [-0.05, 0) is 54.3 Å². The molecule has 0 radical (unpaired) electrons. The summed E-state index contributed by atoms with van der Waals surface area (Å²) in [4.78, 5) is 23.7. The van der Waals surface area contributed by atoms with E-state index in [1.807, 2.05) is 54.4 Å².